The molecule has 7 heteroatoms. The molecule has 2 aromatic rings. The standard InChI is InChI=1S/C24H33N5O2/c1-4-28-16-20(12-26-28)24(31)25-13-22-19-11-18(21-8-5-9-23(30)29(21)22)14-27(15-19)10-6-7-17(2)3/h5,7-9,12,16,18-19,22H,4,6,10-11,13-15H2,1-3H3,(H,25,31)/t18-,19+,22+/m1/s1. The molecule has 7 nitrogen and oxygen atoms in total. The lowest BCUT2D eigenvalue weighted by molar-refractivity contribution is 0.0826. The molecule has 0 aliphatic carbocycles. The van der Waals surface area contributed by atoms with Gasteiger partial charge in [-0.25, -0.2) is 0 Å². The van der Waals surface area contributed by atoms with Crippen LogP contribution in [0, 0.1) is 5.92 Å². The van der Waals surface area contributed by atoms with Crippen molar-refractivity contribution in [2.75, 3.05) is 26.2 Å². The van der Waals surface area contributed by atoms with Gasteiger partial charge in [0.25, 0.3) is 11.5 Å². The molecule has 4 rings (SSSR count). The van der Waals surface area contributed by atoms with E-state index in [2.05, 4.69) is 41.3 Å². The molecule has 1 saturated heterocycles. The molecule has 0 unspecified atom stereocenters. The predicted octanol–water partition coefficient (Wildman–Crippen LogP) is 2.81. The number of carbonyl (C=O) groups is 1. The Bertz CT molecular complexity index is 1020. The molecule has 0 spiro atoms. The van der Waals surface area contributed by atoms with E-state index in [9.17, 15) is 9.59 Å². The van der Waals surface area contributed by atoms with E-state index in [-0.39, 0.29) is 17.5 Å². The van der Waals surface area contributed by atoms with Gasteiger partial charge in [0.1, 0.15) is 0 Å². The highest BCUT2D eigenvalue weighted by molar-refractivity contribution is 5.93. The van der Waals surface area contributed by atoms with Gasteiger partial charge in [-0.2, -0.15) is 5.10 Å². The number of piperidine rings is 1. The lowest BCUT2D eigenvalue weighted by atomic mass is 9.78. The SMILES string of the molecule is CCn1cc(C(=O)NC[C@H]2[C@H]3C[C@H](CN(CCC=C(C)C)C3)c3cccc(=O)n32)cn1. The Morgan fingerprint density at radius 1 is 1.29 bits per heavy atom. The van der Waals surface area contributed by atoms with Gasteiger partial charge in [0, 0.05) is 56.6 Å². The zero-order valence-electron chi connectivity index (χ0n) is 18.8. The quantitative estimate of drug-likeness (QED) is 0.695. The van der Waals surface area contributed by atoms with Gasteiger partial charge in [-0.1, -0.05) is 17.7 Å². The zero-order chi connectivity index (χ0) is 22.0. The number of hydrogen-bond acceptors (Lipinski definition) is 4. The molecule has 1 N–H and O–H groups in total. The maximum absolute atomic E-state index is 12.8. The molecular formula is C24H33N5O2. The van der Waals surface area contributed by atoms with Crippen LogP contribution in [0.25, 0.3) is 0 Å². The molecular weight excluding hydrogens is 390 g/mol. The molecule has 1 amide bonds. The topological polar surface area (TPSA) is 72.2 Å². The maximum Gasteiger partial charge on any atom is 0.254 e. The van der Waals surface area contributed by atoms with E-state index < -0.39 is 0 Å². The van der Waals surface area contributed by atoms with Crippen LogP contribution in [0.1, 0.15) is 61.6 Å². The van der Waals surface area contributed by atoms with Gasteiger partial charge in [-0.05, 0) is 45.6 Å². The van der Waals surface area contributed by atoms with E-state index in [0.29, 0.717) is 23.9 Å². The number of aromatic nitrogens is 3. The summed E-state index contributed by atoms with van der Waals surface area (Å²) in [4.78, 5) is 28.0. The van der Waals surface area contributed by atoms with Crippen LogP contribution < -0.4 is 10.9 Å². The number of carbonyl (C=O) groups excluding carboxylic acids is 1. The third-order valence-electron chi connectivity index (χ3n) is 6.56. The highest BCUT2D eigenvalue weighted by atomic mass is 16.2. The monoisotopic (exact) mass is 423 g/mol. The van der Waals surface area contributed by atoms with Gasteiger partial charge < -0.3 is 14.8 Å². The Hall–Kier alpha value is -2.67. The summed E-state index contributed by atoms with van der Waals surface area (Å²) in [5, 5.41) is 7.26. The Kier molecular flexibility index (Phi) is 6.41. The minimum absolute atomic E-state index is 0.0308. The summed E-state index contributed by atoms with van der Waals surface area (Å²) in [6.45, 7) is 10.4. The summed E-state index contributed by atoms with van der Waals surface area (Å²) in [7, 11) is 0. The Balaban J connectivity index is 1.53. The molecule has 0 aromatic carbocycles. The van der Waals surface area contributed by atoms with Crippen LogP contribution in [0.5, 0.6) is 0 Å². The lowest BCUT2D eigenvalue weighted by Crippen LogP contribution is -2.52. The van der Waals surface area contributed by atoms with Crippen molar-refractivity contribution >= 4 is 5.91 Å². The summed E-state index contributed by atoms with van der Waals surface area (Å²) >= 11 is 0. The molecule has 31 heavy (non-hydrogen) atoms. The van der Waals surface area contributed by atoms with Crippen LogP contribution in [-0.2, 0) is 6.54 Å². The number of aryl methyl sites for hydroxylation is 1. The molecule has 166 valence electrons. The number of pyridine rings is 1. The van der Waals surface area contributed by atoms with E-state index in [0.717, 1.165) is 44.7 Å². The van der Waals surface area contributed by atoms with Crippen LogP contribution in [-0.4, -0.2) is 51.3 Å². The number of nitrogens with one attached hydrogen (secondary N) is 1. The highest BCUT2D eigenvalue weighted by Gasteiger charge is 2.40. The average Bonchev–Trinajstić information content (AvgIpc) is 3.23. The third kappa shape index (κ3) is 4.66. The lowest BCUT2D eigenvalue weighted by Gasteiger charge is -2.47. The molecule has 0 radical (unpaired) electrons. The van der Waals surface area contributed by atoms with Crippen molar-refractivity contribution in [3.63, 3.8) is 0 Å². The molecule has 2 aliphatic heterocycles. The van der Waals surface area contributed by atoms with Crippen LogP contribution in [0.2, 0.25) is 0 Å². The van der Waals surface area contributed by atoms with E-state index in [1.54, 1.807) is 23.1 Å². The van der Waals surface area contributed by atoms with E-state index in [1.807, 2.05) is 17.6 Å². The fourth-order valence-electron chi connectivity index (χ4n) is 5.07. The van der Waals surface area contributed by atoms with Crippen molar-refractivity contribution in [2.45, 2.75) is 52.1 Å². The molecule has 4 heterocycles. The zero-order valence-corrected chi connectivity index (χ0v) is 18.8. The molecule has 2 bridgehead atoms. The Morgan fingerprint density at radius 3 is 2.87 bits per heavy atom. The van der Waals surface area contributed by atoms with Crippen molar-refractivity contribution in [1.82, 2.24) is 24.6 Å². The predicted molar refractivity (Wildman–Crippen MR) is 121 cm³/mol. The second kappa shape index (κ2) is 9.22. The van der Waals surface area contributed by atoms with Gasteiger partial charge >= 0.3 is 0 Å². The number of amides is 1. The van der Waals surface area contributed by atoms with Crippen LogP contribution >= 0.6 is 0 Å². The number of fused-ring (bicyclic) bond motifs is 4. The second-order valence-electron chi connectivity index (χ2n) is 9.04. The first-order valence-corrected chi connectivity index (χ1v) is 11.3. The molecule has 1 fully saturated rings. The van der Waals surface area contributed by atoms with Crippen LogP contribution in [0.4, 0.5) is 0 Å². The number of nitrogens with zero attached hydrogens (tertiary/aromatic N) is 4. The summed E-state index contributed by atoms with van der Waals surface area (Å²) in [6, 6.07) is 5.56. The molecule has 0 saturated carbocycles. The van der Waals surface area contributed by atoms with Gasteiger partial charge in [0.15, 0.2) is 0 Å². The van der Waals surface area contributed by atoms with Crippen molar-refractivity contribution in [2.24, 2.45) is 5.92 Å². The largest absolute Gasteiger partial charge is 0.350 e. The van der Waals surface area contributed by atoms with Gasteiger partial charge in [-0.3, -0.25) is 14.3 Å². The molecule has 2 aromatic heterocycles. The maximum atomic E-state index is 12.8. The first kappa shape index (κ1) is 21.6. The number of rotatable bonds is 7. The van der Waals surface area contributed by atoms with E-state index in [4.69, 9.17) is 0 Å². The smallest absolute Gasteiger partial charge is 0.254 e. The Morgan fingerprint density at radius 2 is 2.13 bits per heavy atom. The first-order chi connectivity index (χ1) is 15.0. The molecule has 3 atom stereocenters. The fraction of sp³-hybridized carbons (Fsp3) is 0.542. The van der Waals surface area contributed by atoms with Crippen molar-refractivity contribution in [3.05, 3.63) is 63.9 Å². The van der Waals surface area contributed by atoms with Gasteiger partial charge in [0.05, 0.1) is 17.8 Å². The van der Waals surface area contributed by atoms with Gasteiger partial charge in [0.2, 0.25) is 0 Å². The third-order valence-corrected chi connectivity index (χ3v) is 6.56. The summed E-state index contributed by atoms with van der Waals surface area (Å²) in [5.74, 6) is 0.578. The minimum atomic E-state index is -0.136. The van der Waals surface area contributed by atoms with Crippen molar-refractivity contribution < 1.29 is 4.79 Å². The van der Waals surface area contributed by atoms with E-state index in [1.165, 1.54) is 5.57 Å². The van der Waals surface area contributed by atoms with E-state index >= 15 is 0 Å². The first-order valence-electron chi connectivity index (χ1n) is 11.3. The summed E-state index contributed by atoms with van der Waals surface area (Å²) in [6.07, 6.45) is 7.76. The second-order valence-corrected chi connectivity index (χ2v) is 9.04. The normalized spacial score (nSPS) is 22.6. The van der Waals surface area contributed by atoms with Gasteiger partial charge in [-0.15, -0.1) is 0 Å². The average molecular weight is 424 g/mol. The van der Waals surface area contributed by atoms with Crippen molar-refractivity contribution in [3.8, 4) is 0 Å². The highest BCUT2D eigenvalue weighted by Crippen LogP contribution is 2.40. The molecule has 2 aliphatic rings. The number of hydrogen-bond donors (Lipinski definition) is 1. The fourth-order valence-corrected chi connectivity index (χ4v) is 5.07. The Labute approximate surface area is 183 Å². The van der Waals surface area contributed by atoms with Crippen LogP contribution in [0.3, 0.4) is 0 Å². The summed E-state index contributed by atoms with van der Waals surface area (Å²) in [5.41, 5.74) is 3.04. The van der Waals surface area contributed by atoms with Crippen molar-refractivity contribution in [1.29, 1.82) is 0 Å². The number of allylic oxidation sites excluding steroid dienone is 1. The number of likely N-dealkylation sites (tertiary alicyclic amines) is 1. The summed E-state index contributed by atoms with van der Waals surface area (Å²) < 4.78 is 3.69. The van der Waals surface area contributed by atoms with Crippen LogP contribution in [0.15, 0.2) is 47.0 Å². The minimum Gasteiger partial charge on any atom is -0.350 e.